The third-order valence-electron chi connectivity index (χ3n) is 3.53. The van der Waals surface area contributed by atoms with E-state index >= 15 is 0 Å². The predicted molar refractivity (Wildman–Crippen MR) is 101 cm³/mol. The molecule has 2 atom stereocenters. The quantitative estimate of drug-likeness (QED) is 0.714. The van der Waals surface area contributed by atoms with Gasteiger partial charge in [0.2, 0.25) is 0 Å². The van der Waals surface area contributed by atoms with E-state index in [1.165, 1.54) is 0 Å². The molecule has 0 fully saturated rings. The zero-order chi connectivity index (χ0) is 19.1. The van der Waals surface area contributed by atoms with Gasteiger partial charge in [0.15, 0.2) is 12.7 Å². The van der Waals surface area contributed by atoms with E-state index < -0.39 is 24.6 Å². The first-order valence-corrected chi connectivity index (χ1v) is 8.74. The van der Waals surface area contributed by atoms with Crippen LogP contribution in [-0.4, -0.2) is 24.6 Å². The molecule has 0 saturated carbocycles. The summed E-state index contributed by atoms with van der Waals surface area (Å²) in [5, 5.41) is 3.90. The fraction of sp³-hybridized carbons (Fsp3) is 0.263. The van der Waals surface area contributed by atoms with E-state index in [2.05, 4.69) is 5.32 Å². The molecule has 26 heavy (non-hydrogen) atoms. The predicted octanol–water partition coefficient (Wildman–Crippen LogP) is 4.18. The van der Waals surface area contributed by atoms with E-state index in [1.54, 1.807) is 49.4 Å². The van der Waals surface area contributed by atoms with Crippen LogP contribution in [0.3, 0.4) is 0 Å². The Bertz CT molecular complexity index is 764. The second-order valence-corrected chi connectivity index (χ2v) is 6.54. The summed E-state index contributed by atoms with van der Waals surface area (Å²) in [6.45, 7) is 2.97. The first kappa shape index (κ1) is 20.1. The highest BCUT2D eigenvalue weighted by molar-refractivity contribution is 6.30. The average molecular weight is 396 g/mol. The minimum atomic E-state index is -0.852. The summed E-state index contributed by atoms with van der Waals surface area (Å²) in [7, 11) is 0. The van der Waals surface area contributed by atoms with Crippen molar-refractivity contribution in [3.8, 4) is 5.75 Å². The Morgan fingerprint density at radius 3 is 2.38 bits per heavy atom. The number of carbonyl (C=O) groups is 2. The molecule has 1 amide bonds. The van der Waals surface area contributed by atoms with Crippen LogP contribution >= 0.6 is 23.2 Å². The van der Waals surface area contributed by atoms with Crippen molar-refractivity contribution in [2.75, 3.05) is 6.61 Å². The molecule has 0 aliphatic carbocycles. The zero-order valence-electron chi connectivity index (χ0n) is 14.4. The van der Waals surface area contributed by atoms with Crippen LogP contribution in [0.1, 0.15) is 25.5 Å². The lowest BCUT2D eigenvalue weighted by Gasteiger charge is -2.16. The van der Waals surface area contributed by atoms with Gasteiger partial charge in [0.05, 0.1) is 6.04 Å². The molecule has 0 aliphatic rings. The van der Waals surface area contributed by atoms with Crippen LogP contribution in [-0.2, 0) is 14.3 Å². The highest BCUT2D eigenvalue weighted by Crippen LogP contribution is 2.18. The van der Waals surface area contributed by atoms with Crippen molar-refractivity contribution in [1.29, 1.82) is 0 Å². The molecule has 0 aliphatic heterocycles. The van der Waals surface area contributed by atoms with Gasteiger partial charge in [-0.15, -0.1) is 0 Å². The summed E-state index contributed by atoms with van der Waals surface area (Å²) in [6.07, 6.45) is -0.852. The van der Waals surface area contributed by atoms with Crippen LogP contribution in [0.15, 0.2) is 48.5 Å². The van der Waals surface area contributed by atoms with Gasteiger partial charge in [-0.1, -0.05) is 35.3 Å². The molecule has 0 unspecified atom stereocenters. The third kappa shape index (κ3) is 6.24. The smallest absolute Gasteiger partial charge is 0.347 e. The molecule has 0 spiro atoms. The van der Waals surface area contributed by atoms with Crippen molar-refractivity contribution in [2.45, 2.75) is 26.0 Å². The third-order valence-corrected chi connectivity index (χ3v) is 4.02. The largest absolute Gasteiger partial charge is 0.479 e. The molecule has 1 N–H and O–H groups in total. The van der Waals surface area contributed by atoms with E-state index in [1.807, 2.05) is 13.0 Å². The maximum Gasteiger partial charge on any atom is 0.347 e. The maximum absolute atomic E-state index is 12.0. The molecule has 0 radical (unpaired) electrons. The van der Waals surface area contributed by atoms with Gasteiger partial charge in [-0.25, -0.2) is 4.79 Å². The second-order valence-electron chi connectivity index (χ2n) is 5.67. The van der Waals surface area contributed by atoms with Crippen LogP contribution in [0.25, 0.3) is 0 Å². The van der Waals surface area contributed by atoms with Gasteiger partial charge in [0.25, 0.3) is 5.91 Å². The van der Waals surface area contributed by atoms with Crippen molar-refractivity contribution < 1.29 is 19.1 Å². The fourth-order valence-electron chi connectivity index (χ4n) is 2.16. The molecule has 0 bridgehead atoms. The second kappa shape index (κ2) is 9.46. The Labute approximate surface area is 162 Å². The lowest BCUT2D eigenvalue weighted by atomic mass is 10.1. The summed E-state index contributed by atoms with van der Waals surface area (Å²) >= 11 is 11.7. The van der Waals surface area contributed by atoms with Crippen LogP contribution in [0, 0.1) is 0 Å². The van der Waals surface area contributed by atoms with E-state index in [0.29, 0.717) is 15.8 Å². The highest BCUT2D eigenvalue weighted by Gasteiger charge is 2.18. The number of esters is 1. The number of ether oxygens (including phenoxy) is 2. The number of hydrogen-bond donors (Lipinski definition) is 1. The molecular weight excluding hydrogens is 377 g/mol. The van der Waals surface area contributed by atoms with Crippen molar-refractivity contribution in [1.82, 2.24) is 5.32 Å². The van der Waals surface area contributed by atoms with Crippen LogP contribution < -0.4 is 10.1 Å². The van der Waals surface area contributed by atoms with Crippen LogP contribution in [0.2, 0.25) is 10.0 Å². The Morgan fingerprint density at radius 1 is 1.04 bits per heavy atom. The first-order valence-electron chi connectivity index (χ1n) is 7.99. The molecule has 138 valence electrons. The molecule has 5 nitrogen and oxygen atoms in total. The summed E-state index contributed by atoms with van der Waals surface area (Å²) in [6, 6.07) is 13.5. The number of hydrogen-bond acceptors (Lipinski definition) is 4. The molecule has 2 rings (SSSR count). The Morgan fingerprint density at radius 2 is 1.73 bits per heavy atom. The van der Waals surface area contributed by atoms with Crippen LogP contribution in [0.5, 0.6) is 5.75 Å². The van der Waals surface area contributed by atoms with Crippen molar-refractivity contribution in [3.05, 3.63) is 64.1 Å². The summed E-state index contributed by atoms with van der Waals surface area (Å²) < 4.78 is 10.4. The lowest BCUT2D eigenvalue weighted by molar-refractivity contribution is -0.154. The number of amides is 1. The van der Waals surface area contributed by atoms with Crippen molar-refractivity contribution in [3.63, 3.8) is 0 Å². The summed E-state index contributed by atoms with van der Waals surface area (Å²) in [5.41, 5.74) is 0.858. The first-order chi connectivity index (χ1) is 12.3. The van der Waals surface area contributed by atoms with E-state index in [0.717, 1.165) is 5.56 Å². The number of halogens is 2. The maximum atomic E-state index is 12.0. The van der Waals surface area contributed by atoms with E-state index in [9.17, 15) is 9.59 Å². The molecule has 2 aromatic rings. The van der Waals surface area contributed by atoms with Crippen molar-refractivity contribution >= 4 is 35.1 Å². The van der Waals surface area contributed by atoms with Crippen LogP contribution in [0.4, 0.5) is 0 Å². The van der Waals surface area contributed by atoms with E-state index in [4.69, 9.17) is 32.7 Å². The van der Waals surface area contributed by atoms with E-state index in [-0.39, 0.29) is 6.04 Å². The van der Waals surface area contributed by atoms with Gasteiger partial charge in [-0.2, -0.15) is 0 Å². The molecule has 7 heteroatoms. The molecule has 0 saturated heterocycles. The SMILES string of the molecule is C[C@H](Oc1ccc(Cl)cc1)C(=O)OCC(=O)N[C@@H](C)c1cccc(Cl)c1. The normalized spacial score (nSPS) is 12.8. The zero-order valence-corrected chi connectivity index (χ0v) is 15.9. The minimum Gasteiger partial charge on any atom is -0.479 e. The molecule has 0 heterocycles. The van der Waals surface area contributed by atoms with Gasteiger partial charge in [-0.3, -0.25) is 4.79 Å². The van der Waals surface area contributed by atoms with Gasteiger partial charge < -0.3 is 14.8 Å². The average Bonchev–Trinajstić information content (AvgIpc) is 2.61. The highest BCUT2D eigenvalue weighted by atomic mass is 35.5. The van der Waals surface area contributed by atoms with Gasteiger partial charge in [-0.05, 0) is 55.8 Å². The topological polar surface area (TPSA) is 64.6 Å². The number of carbonyl (C=O) groups excluding carboxylic acids is 2. The molecule has 0 aromatic heterocycles. The van der Waals surface area contributed by atoms with Gasteiger partial charge in [0.1, 0.15) is 5.75 Å². The number of nitrogens with one attached hydrogen (secondary N) is 1. The monoisotopic (exact) mass is 395 g/mol. The van der Waals surface area contributed by atoms with Gasteiger partial charge in [0, 0.05) is 10.0 Å². The van der Waals surface area contributed by atoms with Gasteiger partial charge >= 0.3 is 5.97 Å². The molecular formula is C19H19Cl2NO4. The number of rotatable bonds is 7. The summed E-state index contributed by atoms with van der Waals surface area (Å²) in [4.78, 5) is 23.9. The number of benzene rings is 2. The Balaban J connectivity index is 1.78. The fourth-order valence-corrected chi connectivity index (χ4v) is 2.49. The Kier molecular flexibility index (Phi) is 7.30. The minimum absolute atomic E-state index is 0.261. The van der Waals surface area contributed by atoms with Crippen molar-refractivity contribution in [2.24, 2.45) is 0 Å². The summed E-state index contributed by atoms with van der Waals surface area (Å²) in [5.74, 6) is -0.562. The lowest BCUT2D eigenvalue weighted by Crippen LogP contribution is -2.34. The standard InChI is InChI=1S/C19H19Cl2NO4/c1-12(14-4-3-5-16(21)10-14)22-18(23)11-25-19(24)13(2)26-17-8-6-15(20)7-9-17/h3-10,12-13H,11H2,1-2H3,(H,22,23)/t12-,13-/m0/s1. The Hall–Kier alpha value is -2.24. The molecule has 2 aromatic carbocycles.